The van der Waals surface area contributed by atoms with Crippen LogP contribution in [-0.2, 0) is 0 Å². The first-order chi connectivity index (χ1) is 13.2. The van der Waals surface area contributed by atoms with Gasteiger partial charge < -0.3 is 15.0 Å². The summed E-state index contributed by atoms with van der Waals surface area (Å²) in [5.74, 6) is 0.450. The number of nitrogens with one attached hydrogen (secondary N) is 1. The second kappa shape index (κ2) is 6.19. The minimum Gasteiger partial charge on any atom is -0.476 e. The fraction of sp³-hybridized carbons (Fsp3) is 0.333. The van der Waals surface area contributed by atoms with Crippen LogP contribution >= 0.6 is 0 Å². The van der Waals surface area contributed by atoms with E-state index in [0.717, 1.165) is 25.6 Å². The van der Waals surface area contributed by atoms with Crippen LogP contribution in [0, 0.1) is 5.82 Å². The molecule has 2 aliphatic rings. The predicted octanol–water partition coefficient (Wildman–Crippen LogP) is 1.73. The fourth-order valence-electron chi connectivity index (χ4n) is 3.75. The quantitative estimate of drug-likeness (QED) is 0.651. The number of carbonyl (C=O) groups is 1. The van der Waals surface area contributed by atoms with Crippen LogP contribution in [0.25, 0.3) is 5.65 Å². The molecule has 3 aromatic rings. The number of aromatic nitrogens is 4. The minimum atomic E-state index is -0.400. The summed E-state index contributed by atoms with van der Waals surface area (Å²) >= 11 is 0. The van der Waals surface area contributed by atoms with Gasteiger partial charge in [-0.1, -0.05) is 0 Å². The largest absolute Gasteiger partial charge is 0.476 e. The van der Waals surface area contributed by atoms with Crippen LogP contribution in [0.15, 0.2) is 30.7 Å². The Morgan fingerprint density at radius 1 is 1.33 bits per heavy atom. The number of pyridine rings is 1. The molecule has 2 aliphatic heterocycles. The van der Waals surface area contributed by atoms with E-state index in [1.807, 2.05) is 6.07 Å². The van der Waals surface area contributed by atoms with Gasteiger partial charge in [0.2, 0.25) is 5.88 Å². The van der Waals surface area contributed by atoms with Crippen molar-refractivity contribution in [1.82, 2.24) is 24.9 Å². The van der Waals surface area contributed by atoms with Crippen LogP contribution in [0.3, 0.4) is 0 Å². The van der Waals surface area contributed by atoms with Crippen LogP contribution in [0.4, 0.5) is 10.2 Å². The SMILES string of the molecule is O=C1NCCOc2ncc(F)cc2[C@H]2CCCN2c2ccn3ncc1c3n2. The number of carbonyl (C=O) groups excluding carboxylic acids is 1. The number of fused-ring (bicyclic) bond motifs is 5. The van der Waals surface area contributed by atoms with Crippen molar-refractivity contribution < 1.29 is 13.9 Å². The molecule has 1 atom stereocenters. The van der Waals surface area contributed by atoms with Gasteiger partial charge in [0.15, 0.2) is 5.65 Å². The smallest absolute Gasteiger partial charge is 0.256 e. The molecule has 138 valence electrons. The summed E-state index contributed by atoms with van der Waals surface area (Å²) in [6.07, 6.45) is 6.23. The Hall–Kier alpha value is -3.23. The van der Waals surface area contributed by atoms with E-state index in [2.05, 4.69) is 25.3 Å². The fourth-order valence-corrected chi connectivity index (χ4v) is 3.75. The van der Waals surface area contributed by atoms with Crippen molar-refractivity contribution in [2.75, 3.05) is 24.6 Å². The molecule has 1 N–H and O–H groups in total. The average Bonchev–Trinajstić information content (AvgIpc) is 3.31. The van der Waals surface area contributed by atoms with Crippen molar-refractivity contribution in [2.45, 2.75) is 18.9 Å². The minimum absolute atomic E-state index is 0.0889. The van der Waals surface area contributed by atoms with Gasteiger partial charge in [0.25, 0.3) is 5.91 Å². The monoisotopic (exact) mass is 368 g/mol. The van der Waals surface area contributed by atoms with Gasteiger partial charge in [0.1, 0.15) is 23.8 Å². The van der Waals surface area contributed by atoms with Crippen molar-refractivity contribution >= 4 is 17.4 Å². The molecule has 0 aliphatic carbocycles. The lowest BCUT2D eigenvalue weighted by Gasteiger charge is -2.27. The van der Waals surface area contributed by atoms with E-state index in [-0.39, 0.29) is 18.6 Å². The molecular weight excluding hydrogens is 351 g/mol. The van der Waals surface area contributed by atoms with Crippen LogP contribution in [0.5, 0.6) is 5.88 Å². The molecule has 8 nitrogen and oxygen atoms in total. The zero-order valence-corrected chi connectivity index (χ0v) is 14.4. The number of anilines is 1. The summed E-state index contributed by atoms with van der Waals surface area (Å²) in [7, 11) is 0. The molecule has 0 radical (unpaired) electrons. The van der Waals surface area contributed by atoms with Crippen LogP contribution < -0.4 is 15.0 Å². The Balaban J connectivity index is 1.67. The third-order valence-corrected chi connectivity index (χ3v) is 4.98. The first kappa shape index (κ1) is 16.0. The number of nitrogens with zero attached hydrogens (tertiary/aromatic N) is 5. The van der Waals surface area contributed by atoms with E-state index in [9.17, 15) is 9.18 Å². The van der Waals surface area contributed by atoms with Crippen LogP contribution in [0.2, 0.25) is 0 Å². The molecule has 9 heteroatoms. The van der Waals surface area contributed by atoms with Crippen molar-refractivity contribution in [1.29, 1.82) is 0 Å². The maximum Gasteiger partial charge on any atom is 0.256 e. The molecule has 3 aromatic heterocycles. The second-order valence-electron chi connectivity index (χ2n) is 6.62. The number of amides is 1. The molecule has 1 amide bonds. The van der Waals surface area contributed by atoms with Crippen molar-refractivity contribution in [3.8, 4) is 5.88 Å². The lowest BCUT2D eigenvalue weighted by molar-refractivity contribution is 0.0948. The predicted molar refractivity (Wildman–Crippen MR) is 94.3 cm³/mol. The maximum absolute atomic E-state index is 13.9. The van der Waals surface area contributed by atoms with Gasteiger partial charge in [0, 0.05) is 18.3 Å². The summed E-state index contributed by atoms with van der Waals surface area (Å²) in [4.78, 5) is 23.4. The molecule has 5 rings (SSSR count). The molecule has 1 fully saturated rings. The van der Waals surface area contributed by atoms with E-state index >= 15 is 0 Å². The molecule has 27 heavy (non-hydrogen) atoms. The highest BCUT2D eigenvalue weighted by molar-refractivity contribution is 5.99. The topological polar surface area (TPSA) is 84.7 Å². The lowest BCUT2D eigenvalue weighted by Crippen LogP contribution is -2.28. The Bertz CT molecular complexity index is 1040. The van der Waals surface area contributed by atoms with Gasteiger partial charge in [-0.25, -0.2) is 18.9 Å². The summed E-state index contributed by atoms with van der Waals surface area (Å²) in [6, 6.07) is 3.24. The number of halogens is 1. The third-order valence-electron chi connectivity index (χ3n) is 4.98. The Morgan fingerprint density at radius 3 is 3.19 bits per heavy atom. The molecule has 0 saturated carbocycles. The van der Waals surface area contributed by atoms with Crippen LogP contribution in [0.1, 0.15) is 34.8 Å². The third kappa shape index (κ3) is 2.66. The Morgan fingerprint density at radius 2 is 2.26 bits per heavy atom. The molecule has 2 bridgehead atoms. The van der Waals surface area contributed by atoms with Gasteiger partial charge >= 0.3 is 0 Å². The molecule has 0 spiro atoms. The van der Waals surface area contributed by atoms with E-state index in [4.69, 9.17) is 4.74 Å². The van der Waals surface area contributed by atoms with Crippen molar-refractivity contribution in [3.05, 3.63) is 47.7 Å². The highest BCUT2D eigenvalue weighted by atomic mass is 19.1. The number of ether oxygens (including phenoxy) is 1. The van der Waals surface area contributed by atoms with E-state index in [0.29, 0.717) is 35.0 Å². The number of hydrogen-bond donors (Lipinski definition) is 1. The lowest BCUT2D eigenvalue weighted by atomic mass is 10.1. The first-order valence-electron chi connectivity index (χ1n) is 8.88. The zero-order chi connectivity index (χ0) is 18.4. The average molecular weight is 368 g/mol. The van der Waals surface area contributed by atoms with Crippen LogP contribution in [-0.4, -0.2) is 45.2 Å². The molecule has 0 aromatic carbocycles. The van der Waals surface area contributed by atoms with Gasteiger partial charge in [-0.2, -0.15) is 5.10 Å². The molecule has 0 unspecified atom stereocenters. The highest BCUT2D eigenvalue weighted by Gasteiger charge is 2.31. The van der Waals surface area contributed by atoms with Gasteiger partial charge in [-0.05, 0) is 25.0 Å². The molecule has 1 saturated heterocycles. The van der Waals surface area contributed by atoms with Gasteiger partial charge in [-0.3, -0.25) is 4.79 Å². The maximum atomic E-state index is 13.9. The summed E-state index contributed by atoms with van der Waals surface area (Å²) < 4.78 is 21.3. The number of hydrogen-bond acceptors (Lipinski definition) is 6. The zero-order valence-electron chi connectivity index (χ0n) is 14.4. The molecular formula is C18H17FN6O2. The Labute approximate surface area is 154 Å². The normalized spacial score (nSPS) is 19.5. The van der Waals surface area contributed by atoms with E-state index in [1.54, 1.807) is 10.7 Å². The highest BCUT2D eigenvalue weighted by Crippen LogP contribution is 2.39. The van der Waals surface area contributed by atoms with Gasteiger partial charge in [0.05, 0.1) is 25.0 Å². The molecule has 5 heterocycles. The summed E-state index contributed by atoms with van der Waals surface area (Å²) in [5, 5.41) is 7.00. The van der Waals surface area contributed by atoms with E-state index < -0.39 is 5.82 Å². The standard InChI is InChI=1S/C18H17FN6O2/c19-11-8-12-14-2-1-5-24(14)15-3-6-25-16(23-15)13(10-22-25)17(26)20-4-7-27-18(12)21-9-11/h3,6,8-10,14H,1-2,4-5,7H2,(H,20,26)/t14-/m1/s1. The second-order valence-corrected chi connectivity index (χ2v) is 6.62. The first-order valence-corrected chi connectivity index (χ1v) is 8.88. The summed E-state index contributed by atoms with van der Waals surface area (Å²) in [6.45, 7) is 1.31. The van der Waals surface area contributed by atoms with Gasteiger partial charge in [-0.15, -0.1) is 0 Å². The van der Waals surface area contributed by atoms with Crippen molar-refractivity contribution in [3.63, 3.8) is 0 Å². The Kier molecular flexibility index (Phi) is 3.66. The number of rotatable bonds is 0. The van der Waals surface area contributed by atoms with Crippen molar-refractivity contribution in [2.24, 2.45) is 0 Å². The van der Waals surface area contributed by atoms with E-state index in [1.165, 1.54) is 12.3 Å². The summed E-state index contributed by atoms with van der Waals surface area (Å²) in [5.41, 5.74) is 1.61.